The van der Waals surface area contributed by atoms with E-state index in [0.29, 0.717) is 41.6 Å². The first-order valence-corrected chi connectivity index (χ1v) is 13.8. The van der Waals surface area contributed by atoms with Gasteiger partial charge in [0, 0.05) is 12.0 Å². The van der Waals surface area contributed by atoms with Crippen molar-refractivity contribution >= 4 is 0 Å². The van der Waals surface area contributed by atoms with Crippen molar-refractivity contribution in [2.75, 3.05) is 6.61 Å². The maximum Gasteiger partial charge on any atom is 0.0594 e. The minimum Gasteiger partial charge on any atom is -0.396 e. The third-order valence-electron chi connectivity index (χ3n) is 13.4. The Bertz CT molecular complexity index is 786. The molecular formula is C30H50O2. The van der Waals surface area contributed by atoms with Crippen molar-refractivity contribution in [1.29, 1.82) is 0 Å². The molecule has 0 spiro atoms. The summed E-state index contributed by atoms with van der Waals surface area (Å²) in [4.78, 5) is 0. The third-order valence-corrected chi connectivity index (χ3v) is 13.4. The molecular weight excluding hydrogens is 392 g/mol. The molecule has 0 aromatic carbocycles. The van der Waals surface area contributed by atoms with Crippen LogP contribution in [0.25, 0.3) is 0 Å². The van der Waals surface area contributed by atoms with Gasteiger partial charge in [-0.15, -0.1) is 0 Å². The van der Waals surface area contributed by atoms with Crippen LogP contribution in [0.1, 0.15) is 106 Å². The van der Waals surface area contributed by atoms with E-state index < -0.39 is 0 Å². The molecule has 0 unspecified atom stereocenters. The largest absolute Gasteiger partial charge is 0.396 e. The fourth-order valence-corrected chi connectivity index (χ4v) is 11.6. The second-order valence-corrected chi connectivity index (χ2v) is 14.6. The van der Waals surface area contributed by atoms with Crippen molar-refractivity contribution < 1.29 is 10.2 Å². The highest BCUT2D eigenvalue weighted by atomic mass is 16.3. The van der Waals surface area contributed by atoms with Gasteiger partial charge >= 0.3 is 0 Å². The summed E-state index contributed by atoms with van der Waals surface area (Å²) in [5.41, 5.74) is 2.38. The molecule has 2 N–H and O–H groups in total. The molecule has 2 heteroatoms. The second-order valence-electron chi connectivity index (χ2n) is 14.6. The van der Waals surface area contributed by atoms with E-state index >= 15 is 0 Å². The number of fused-ring (bicyclic) bond motifs is 7. The zero-order valence-electron chi connectivity index (χ0n) is 21.8. The van der Waals surface area contributed by atoms with Gasteiger partial charge in [-0.1, -0.05) is 46.8 Å². The van der Waals surface area contributed by atoms with Crippen LogP contribution in [-0.2, 0) is 0 Å². The van der Waals surface area contributed by atoms with Crippen LogP contribution < -0.4 is 0 Å². The highest BCUT2D eigenvalue weighted by molar-refractivity contribution is 5.21. The zero-order valence-corrected chi connectivity index (χ0v) is 21.8. The summed E-state index contributed by atoms with van der Waals surface area (Å²) >= 11 is 0. The minimum absolute atomic E-state index is 0.000800. The van der Waals surface area contributed by atoms with Gasteiger partial charge < -0.3 is 10.2 Å². The molecule has 0 saturated heterocycles. The molecule has 0 aromatic rings. The van der Waals surface area contributed by atoms with Gasteiger partial charge in [-0.05, 0) is 122 Å². The van der Waals surface area contributed by atoms with Gasteiger partial charge in [-0.25, -0.2) is 0 Å². The van der Waals surface area contributed by atoms with Crippen molar-refractivity contribution in [2.45, 2.75) is 112 Å². The Morgan fingerprint density at radius 3 is 2.22 bits per heavy atom. The molecule has 5 saturated carbocycles. The summed E-state index contributed by atoms with van der Waals surface area (Å²) in [6, 6.07) is 0. The molecule has 5 aliphatic rings. The van der Waals surface area contributed by atoms with Gasteiger partial charge in [0.25, 0.3) is 0 Å². The summed E-state index contributed by atoms with van der Waals surface area (Å²) in [5, 5.41) is 22.2. The van der Waals surface area contributed by atoms with Crippen LogP contribution >= 0.6 is 0 Å². The molecule has 5 rings (SSSR count). The highest BCUT2D eigenvalue weighted by Crippen LogP contribution is 2.77. The maximum absolute atomic E-state index is 11.3. The summed E-state index contributed by atoms with van der Waals surface area (Å²) in [6.45, 7) is 19.5. The van der Waals surface area contributed by atoms with Crippen LogP contribution in [0.4, 0.5) is 0 Å². The van der Waals surface area contributed by atoms with E-state index in [1.807, 2.05) is 0 Å². The lowest BCUT2D eigenvalue weighted by molar-refractivity contribution is -0.260. The number of hydrogen-bond acceptors (Lipinski definition) is 2. The van der Waals surface area contributed by atoms with Gasteiger partial charge in [-0.3, -0.25) is 0 Å². The molecule has 0 radical (unpaired) electrons. The Morgan fingerprint density at radius 1 is 0.844 bits per heavy atom. The molecule has 0 bridgehead atoms. The number of rotatable bonds is 2. The molecule has 0 aromatic heterocycles. The van der Waals surface area contributed by atoms with Crippen LogP contribution in [0.2, 0.25) is 0 Å². The molecule has 5 aliphatic carbocycles. The lowest BCUT2D eigenvalue weighted by Gasteiger charge is -2.73. The van der Waals surface area contributed by atoms with E-state index in [4.69, 9.17) is 0 Å². The molecule has 0 amide bonds. The Morgan fingerprint density at radius 2 is 1.56 bits per heavy atom. The number of aliphatic hydroxyl groups excluding tert-OH is 2. The van der Waals surface area contributed by atoms with E-state index in [-0.39, 0.29) is 27.8 Å². The van der Waals surface area contributed by atoms with Crippen molar-refractivity contribution in [3.8, 4) is 0 Å². The van der Waals surface area contributed by atoms with Crippen molar-refractivity contribution in [3.63, 3.8) is 0 Å². The van der Waals surface area contributed by atoms with Crippen LogP contribution in [-0.4, -0.2) is 22.9 Å². The van der Waals surface area contributed by atoms with E-state index in [1.54, 1.807) is 0 Å². The molecule has 0 heterocycles. The van der Waals surface area contributed by atoms with Gasteiger partial charge in [-0.2, -0.15) is 0 Å². The normalized spacial score (nSPS) is 56.5. The first-order valence-electron chi connectivity index (χ1n) is 13.8. The maximum atomic E-state index is 11.3. The SMILES string of the molecule is C=C(C)[C@@H]1CC[C@]2(C)CC[C@]3(CO)[C@H](CC[C@H]4[C@@]5(C)CC[C@H](O)C(C)(C)[C@H]5CC[C@]43C)[C@@H]12. The highest BCUT2D eigenvalue weighted by Gasteiger charge is 2.71. The van der Waals surface area contributed by atoms with Gasteiger partial charge in [0.1, 0.15) is 0 Å². The Balaban J connectivity index is 1.57. The summed E-state index contributed by atoms with van der Waals surface area (Å²) in [6.07, 6.45) is 12.1. The van der Waals surface area contributed by atoms with Crippen molar-refractivity contribution in [1.82, 2.24) is 0 Å². The quantitative estimate of drug-likeness (QED) is 0.452. The van der Waals surface area contributed by atoms with Crippen LogP contribution in [0.15, 0.2) is 12.2 Å². The fourth-order valence-electron chi connectivity index (χ4n) is 11.6. The topological polar surface area (TPSA) is 40.5 Å². The number of aliphatic hydroxyl groups is 2. The van der Waals surface area contributed by atoms with Gasteiger partial charge in [0.15, 0.2) is 0 Å². The Labute approximate surface area is 197 Å². The lowest BCUT2D eigenvalue weighted by atomic mass is 9.32. The third kappa shape index (κ3) is 2.66. The van der Waals surface area contributed by atoms with Crippen LogP contribution in [0.5, 0.6) is 0 Å². The first kappa shape index (κ1) is 23.4. The number of allylic oxidation sites excluding steroid dienone is 1. The van der Waals surface area contributed by atoms with Crippen molar-refractivity contribution in [2.24, 2.45) is 56.7 Å². The monoisotopic (exact) mass is 442 g/mol. The average molecular weight is 443 g/mol. The van der Waals surface area contributed by atoms with E-state index in [9.17, 15) is 10.2 Å². The predicted octanol–water partition coefficient (Wildman–Crippen LogP) is 7.00. The van der Waals surface area contributed by atoms with Gasteiger partial charge in [0.05, 0.1) is 6.10 Å². The molecule has 0 aliphatic heterocycles. The second kappa shape index (κ2) is 7.09. The summed E-state index contributed by atoms with van der Waals surface area (Å²) in [7, 11) is 0. The van der Waals surface area contributed by atoms with Crippen molar-refractivity contribution in [3.05, 3.63) is 12.2 Å². The lowest BCUT2D eigenvalue weighted by Crippen LogP contribution is -2.68. The van der Waals surface area contributed by atoms with E-state index in [0.717, 1.165) is 12.8 Å². The fraction of sp³-hybridized carbons (Fsp3) is 0.933. The predicted molar refractivity (Wildman–Crippen MR) is 132 cm³/mol. The van der Waals surface area contributed by atoms with Gasteiger partial charge in [0.2, 0.25) is 0 Å². The summed E-state index contributed by atoms with van der Waals surface area (Å²) < 4.78 is 0. The Kier molecular flexibility index (Phi) is 5.19. The Hall–Kier alpha value is -0.340. The first-order chi connectivity index (χ1) is 14.9. The summed E-state index contributed by atoms with van der Waals surface area (Å²) in [5.74, 6) is 3.24. The van der Waals surface area contributed by atoms with E-state index in [2.05, 4.69) is 48.1 Å². The smallest absolute Gasteiger partial charge is 0.0594 e. The molecule has 10 atom stereocenters. The molecule has 32 heavy (non-hydrogen) atoms. The minimum atomic E-state index is -0.168. The standard InChI is InChI=1S/C30H50O2/c1-19(2)20-10-13-27(5)16-17-30(18-31)21(25(20)27)8-9-23-28(6)14-12-24(32)26(3,4)22(28)11-15-29(23,30)7/h20-25,31-32H,1,8-18H2,2-7H3/t20-,21+,22+,23-,24-,25+,27+,28-,29+,30-/m0/s1. The average Bonchev–Trinajstić information content (AvgIpc) is 3.08. The number of hydrogen-bond donors (Lipinski definition) is 2. The van der Waals surface area contributed by atoms with E-state index in [1.165, 1.54) is 56.9 Å². The van der Waals surface area contributed by atoms with Crippen LogP contribution in [0, 0.1) is 56.7 Å². The molecule has 5 fully saturated rings. The zero-order chi connectivity index (χ0) is 23.3. The van der Waals surface area contributed by atoms with Crippen LogP contribution in [0.3, 0.4) is 0 Å². The molecule has 182 valence electrons. The molecule has 2 nitrogen and oxygen atoms in total.